The molecule has 0 radical (unpaired) electrons. The highest BCUT2D eigenvalue weighted by atomic mass is 35.5. The predicted octanol–water partition coefficient (Wildman–Crippen LogP) is 4.26. The average molecular weight is 340 g/mol. The lowest BCUT2D eigenvalue weighted by Crippen LogP contribution is -2.33. The lowest BCUT2D eigenvalue weighted by molar-refractivity contribution is 0.0939. The number of amides is 1. The summed E-state index contributed by atoms with van der Waals surface area (Å²) in [4.78, 5) is 12.5. The van der Waals surface area contributed by atoms with Crippen molar-refractivity contribution in [3.8, 4) is 11.5 Å². The van der Waals surface area contributed by atoms with Gasteiger partial charge in [-0.05, 0) is 37.1 Å². The Morgan fingerprint density at radius 2 is 2.17 bits per heavy atom. The average Bonchev–Trinajstić information content (AvgIpc) is 3.09. The maximum atomic E-state index is 12.5. The molecule has 3 N–H and O–H groups in total. The number of hydrogen-bond acceptors (Lipinski definition) is 5. The third kappa shape index (κ3) is 4.51. The summed E-state index contributed by atoms with van der Waals surface area (Å²) in [7, 11) is 0. The molecule has 1 unspecified atom stereocenters. The van der Waals surface area contributed by atoms with Gasteiger partial charge in [-0.3, -0.25) is 4.79 Å². The summed E-state index contributed by atoms with van der Waals surface area (Å²) in [6.45, 7) is 4.14. The molecule has 0 saturated heterocycles. The van der Waals surface area contributed by atoms with Gasteiger partial charge in [-0.15, -0.1) is 0 Å². The van der Waals surface area contributed by atoms with E-state index >= 15 is 0 Å². The minimum Gasteiger partial charge on any atom is -0.443 e. The second kappa shape index (κ2) is 8.06. The van der Waals surface area contributed by atoms with E-state index in [4.69, 9.17) is 26.3 Å². The molecule has 1 atom stereocenters. The molecule has 0 spiro atoms. The second-order valence-electron chi connectivity index (χ2n) is 5.60. The highest BCUT2D eigenvalue weighted by molar-refractivity contribution is 6.29. The van der Waals surface area contributed by atoms with Crippen molar-refractivity contribution in [2.24, 2.45) is 0 Å². The third-order valence-electron chi connectivity index (χ3n) is 3.62. The first-order chi connectivity index (χ1) is 11.0. The van der Waals surface area contributed by atoms with Gasteiger partial charge in [-0.1, -0.05) is 37.8 Å². The van der Waals surface area contributed by atoms with Gasteiger partial charge in [0.1, 0.15) is 5.56 Å². The zero-order valence-electron chi connectivity index (χ0n) is 13.4. The SMILES string of the molecule is CCCCCCC(C)NC(=O)c1c(-c2ccc(Cl)o2)noc1N. The number of hydrogen-bond donors (Lipinski definition) is 2. The fourth-order valence-electron chi connectivity index (χ4n) is 2.38. The van der Waals surface area contributed by atoms with Crippen molar-refractivity contribution in [2.45, 2.75) is 52.0 Å². The number of nitrogen functional groups attached to an aromatic ring is 1. The molecule has 0 bridgehead atoms. The fourth-order valence-corrected chi connectivity index (χ4v) is 2.52. The van der Waals surface area contributed by atoms with Crippen molar-refractivity contribution in [2.75, 3.05) is 5.73 Å². The third-order valence-corrected chi connectivity index (χ3v) is 3.82. The summed E-state index contributed by atoms with van der Waals surface area (Å²) < 4.78 is 10.2. The predicted molar refractivity (Wildman–Crippen MR) is 89.3 cm³/mol. The monoisotopic (exact) mass is 339 g/mol. The first kappa shape index (κ1) is 17.4. The van der Waals surface area contributed by atoms with Crippen LogP contribution in [0.25, 0.3) is 11.5 Å². The van der Waals surface area contributed by atoms with E-state index in [1.807, 2.05) is 6.92 Å². The lowest BCUT2D eigenvalue weighted by atomic mass is 10.1. The molecule has 126 valence electrons. The maximum absolute atomic E-state index is 12.5. The highest BCUT2D eigenvalue weighted by Crippen LogP contribution is 2.30. The van der Waals surface area contributed by atoms with Gasteiger partial charge in [0.15, 0.2) is 16.7 Å². The zero-order chi connectivity index (χ0) is 16.8. The van der Waals surface area contributed by atoms with Gasteiger partial charge in [-0.25, -0.2) is 0 Å². The quantitative estimate of drug-likeness (QED) is 0.701. The number of nitrogens with zero attached hydrogens (tertiary/aromatic N) is 1. The Hall–Kier alpha value is -1.95. The first-order valence-corrected chi connectivity index (χ1v) is 8.22. The number of carbonyl (C=O) groups is 1. The summed E-state index contributed by atoms with van der Waals surface area (Å²) in [6, 6.07) is 3.23. The van der Waals surface area contributed by atoms with E-state index in [9.17, 15) is 4.79 Å². The minimum atomic E-state index is -0.325. The smallest absolute Gasteiger partial charge is 0.259 e. The van der Waals surface area contributed by atoms with Crippen LogP contribution in [0.2, 0.25) is 5.22 Å². The van der Waals surface area contributed by atoms with E-state index in [0.717, 1.165) is 12.8 Å². The van der Waals surface area contributed by atoms with Crippen LogP contribution in [0, 0.1) is 0 Å². The number of carbonyl (C=O) groups excluding carboxylic acids is 1. The van der Waals surface area contributed by atoms with Gasteiger partial charge >= 0.3 is 0 Å². The molecule has 0 aromatic carbocycles. The van der Waals surface area contributed by atoms with E-state index < -0.39 is 0 Å². The number of anilines is 1. The Balaban J connectivity index is 2.03. The molecule has 0 aliphatic heterocycles. The summed E-state index contributed by atoms with van der Waals surface area (Å²) in [6.07, 6.45) is 5.56. The molecule has 1 amide bonds. The summed E-state index contributed by atoms with van der Waals surface area (Å²) >= 11 is 5.76. The number of rotatable bonds is 8. The molecule has 23 heavy (non-hydrogen) atoms. The van der Waals surface area contributed by atoms with Crippen molar-refractivity contribution in [3.05, 3.63) is 22.9 Å². The number of furan rings is 1. The van der Waals surface area contributed by atoms with Crippen LogP contribution in [0.1, 0.15) is 56.3 Å². The Labute approximate surface area is 140 Å². The van der Waals surface area contributed by atoms with E-state index in [2.05, 4.69) is 17.4 Å². The van der Waals surface area contributed by atoms with Gasteiger partial charge in [0.25, 0.3) is 5.91 Å². The fraction of sp³-hybridized carbons (Fsp3) is 0.500. The lowest BCUT2D eigenvalue weighted by Gasteiger charge is -2.13. The van der Waals surface area contributed by atoms with Crippen LogP contribution in [0.15, 0.2) is 21.1 Å². The summed E-state index contributed by atoms with van der Waals surface area (Å²) in [5.41, 5.74) is 6.17. The number of aromatic nitrogens is 1. The molecular weight excluding hydrogens is 318 g/mol. The topological polar surface area (TPSA) is 94.3 Å². The molecule has 0 aliphatic carbocycles. The normalized spacial score (nSPS) is 12.3. The van der Waals surface area contributed by atoms with Crippen LogP contribution in [-0.4, -0.2) is 17.1 Å². The van der Waals surface area contributed by atoms with Gasteiger partial charge in [0.05, 0.1) is 0 Å². The zero-order valence-corrected chi connectivity index (χ0v) is 14.2. The highest BCUT2D eigenvalue weighted by Gasteiger charge is 2.25. The van der Waals surface area contributed by atoms with Crippen molar-refractivity contribution in [1.29, 1.82) is 0 Å². The van der Waals surface area contributed by atoms with Gasteiger partial charge in [0.2, 0.25) is 5.88 Å². The largest absolute Gasteiger partial charge is 0.443 e. The van der Waals surface area contributed by atoms with Crippen LogP contribution in [0.5, 0.6) is 0 Å². The molecule has 0 fully saturated rings. The second-order valence-corrected chi connectivity index (χ2v) is 5.97. The van der Waals surface area contributed by atoms with Crippen molar-refractivity contribution in [3.63, 3.8) is 0 Å². The summed E-state index contributed by atoms with van der Waals surface area (Å²) in [5, 5.41) is 6.93. The van der Waals surface area contributed by atoms with Crippen LogP contribution in [-0.2, 0) is 0 Å². The Bertz CT molecular complexity index is 651. The minimum absolute atomic E-state index is 0.0387. The molecule has 6 nitrogen and oxygen atoms in total. The van der Waals surface area contributed by atoms with Gasteiger partial charge < -0.3 is 20.0 Å². The first-order valence-electron chi connectivity index (χ1n) is 7.84. The molecule has 7 heteroatoms. The van der Waals surface area contributed by atoms with E-state index in [1.165, 1.54) is 19.3 Å². The van der Waals surface area contributed by atoms with Crippen LogP contribution in [0.3, 0.4) is 0 Å². The van der Waals surface area contributed by atoms with Crippen molar-refractivity contribution < 1.29 is 13.7 Å². The van der Waals surface area contributed by atoms with Crippen molar-refractivity contribution in [1.82, 2.24) is 10.5 Å². The number of nitrogens with two attached hydrogens (primary N) is 1. The standard InChI is InChI=1S/C16H22ClN3O3/c1-3-4-5-6-7-10(2)19-16(21)13-14(20-23-15(13)18)11-8-9-12(17)22-11/h8-10H,3-7,18H2,1-2H3,(H,19,21). The number of nitrogens with one attached hydrogen (secondary N) is 1. The molecule has 0 saturated carbocycles. The van der Waals surface area contributed by atoms with Crippen LogP contribution >= 0.6 is 11.6 Å². The molecule has 0 aliphatic rings. The maximum Gasteiger partial charge on any atom is 0.259 e. The van der Waals surface area contributed by atoms with Crippen molar-refractivity contribution >= 4 is 23.4 Å². The molecule has 2 aromatic heterocycles. The van der Waals surface area contributed by atoms with Gasteiger partial charge in [0, 0.05) is 6.04 Å². The van der Waals surface area contributed by atoms with E-state index in [-0.39, 0.29) is 34.3 Å². The molecular formula is C16H22ClN3O3. The van der Waals surface area contributed by atoms with E-state index in [1.54, 1.807) is 12.1 Å². The van der Waals surface area contributed by atoms with Crippen LogP contribution in [0.4, 0.5) is 5.88 Å². The molecule has 2 rings (SSSR count). The van der Waals surface area contributed by atoms with E-state index in [0.29, 0.717) is 5.76 Å². The van der Waals surface area contributed by atoms with Gasteiger partial charge in [-0.2, -0.15) is 0 Å². The Kier molecular flexibility index (Phi) is 6.10. The number of halogens is 1. The Morgan fingerprint density at radius 3 is 2.83 bits per heavy atom. The Morgan fingerprint density at radius 1 is 1.39 bits per heavy atom. The number of unbranched alkanes of at least 4 members (excludes halogenated alkanes) is 3. The van der Waals surface area contributed by atoms with Crippen LogP contribution < -0.4 is 11.1 Å². The molecule has 2 heterocycles. The summed E-state index contributed by atoms with van der Waals surface area (Å²) in [5.74, 6) is -0.0198. The molecule has 2 aromatic rings.